The number of thiophene rings is 1. The van der Waals surface area contributed by atoms with E-state index < -0.39 is 16.1 Å². The molecular weight excluding hydrogens is 1240 g/mol. The topological polar surface area (TPSA) is 38.1 Å². The second-order valence-corrected chi connectivity index (χ2v) is 36.9. The van der Waals surface area contributed by atoms with Gasteiger partial charge in [-0.2, -0.15) is 0 Å². The van der Waals surface area contributed by atoms with E-state index in [9.17, 15) is 0 Å². The minimum Gasteiger partial charge on any atom is -0.458 e. The molecule has 0 fully saturated rings. The molecule has 0 saturated carbocycles. The van der Waals surface area contributed by atoms with Gasteiger partial charge in [0.15, 0.2) is 21.7 Å². The summed E-state index contributed by atoms with van der Waals surface area (Å²) in [5, 5.41) is 15.7. The molecule has 2 aromatic heterocycles. The third-order valence-electron chi connectivity index (χ3n) is 22.6. The average Bonchev–Trinajstić information content (AvgIpc) is 0.722. The summed E-state index contributed by atoms with van der Waals surface area (Å²) in [6, 6.07) is 113. The molecule has 22 rings (SSSR count). The Kier molecular flexibility index (Phi) is 11.1. The highest BCUT2D eigenvalue weighted by Crippen LogP contribution is 2.49. The van der Waals surface area contributed by atoms with Crippen LogP contribution >= 0.6 is 11.3 Å². The van der Waals surface area contributed by atoms with Crippen molar-refractivity contribution in [2.24, 2.45) is 0 Å². The first-order chi connectivity index (χ1) is 48.2. The van der Waals surface area contributed by atoms with Gasteiger partial charge >= 0.3 is 0 Å². The molecule has 0 spiro atoms. The number of ether oxygens (including phenoxy) is 2. The highest BCUT2D eigenvalue weighted by molar-refractivity contribution is 7.28. The van der Waals surface area contributed by atoms with Crippen LogP contribution in [-0.4, -0.2) is 29.6 Å². The summed E-state index contributed by atoms with van der Waals surface area (Å²) < 4.78 is 25.0. The molecule has 6 aliphatic heterocycles. The summed E-state index contributed by atoms with van der Waals surface area (Å²) in [5.41, 5.74) is 19.4. The van der Waals surface area contributed by atoms with Crippen LogP contribution < -0.4 is 93.5 Å². The van der Waals surface area contributed by atoms with Crippen LogP contribution in [0.1, 0.15) is 26.3 Å². The second-order valence-electron chi connectivity index (χ2n) is 28.4. The number of anilines is 6. The fourth-order valence-corrected chi connectivity index (χ4v) is 30.7. The zero-order chi connectivity index (χ0) is 64.5. The first-order valence-electron chi connectivity index (χ1n) is 34.2. The van der Waals surface area contributed by atoms with E-state index in [-0.39, 0.29) is 18.8 Å². The van der Waals surface area contributed by atoms with Crippen molar-refractivity contribution in [1.82, 2.24) is 0 Å². The predicted molar refractivity (Wildman–Crippen MR) is 417 cm³/mol. The van der Waals surface area contributed by atoms with Crippen LogP contribution in [0.3, 0.4) is 0 Å². The Morgan fingerprint density at radius 3 is 1.44 bits per heavy atom. The van der Waals surface area contributed by atoms with E-state index >= 15 is 0 Å². The summed E-state index contributed by atoms with van der Waals surface area (Å²) in [6.07, 6.45) is 0. The van der Waals surface area contributed by atoms with Gasteiger partial charge in [0.2, 0.25) is 0 Å². The quantitative estimate of drug-likeness (QED) is 0.149. The number of hydrogen-bond acceptors (Lipinski definition) is 6. The zero-order valence-electron chi connectivity index (χ0n) is 54.0. The lowest BCUT2D eigenvalue weighted by atomic mass is 9.33. The van der Waals surface area contributed by atoms with E-state index in [4.69, 9.17) is 13.9 Å². The van der Waals surface area contributed by atoms with E-state index in [0.717, 1.165) is 84.5 Å². The third-order valence-corrected chi connectivity index (χ3v) is 33.5. The fourth-order valence-electron chi connectivity index (χ4n) is 18.9. The van der Waals surface area contributed by atoms with Gasteiger partial charge in [0.25, 0.3) is 13.4 Å². The Morgan fingerprint density at radius 2 is 0.786 bits per heavy atom. The van der Waals surface area contributed by atoms with Gasteiger partial charge < -0.3 is 23.7 Å². The van der Waals surface area contributed by atoms with Crippen LogP contribution in [0.15, 0.2) is 302 Å². The van der Waals surface area contributed by atoms with E-state index in [0.29, 0.717) is 0 Å². The van der Waals surface area contributed by atoms with Crippen molar-refractivity contribution >= 4 is 191 Å². The van der Waals surface area contributed by atoms with Gasteiger partial charge in [-0.1, -0.05) is 245 Å². The van der Waals surface area contributed by atoms with Crippen LogP contribution in [-0.2, 0) is 5.41 Å². The summed E-state index contributed by atoms with van der Waals surface area (Å²) >= 11 is 1.87. The number of hydrogen-bond donors (Lipinski definition) is 0. The largest absolute Gasteiger partial charge is 0.458 e. The zero-order valence-corrected chi connectivity index (χ0v) is 56.8. The maximum absolute atomic E-state index is 7.72. The van der Waals surface area contributed by atoms with Gasteiger partial charge in [0, 0.05) is 64.9 Å². The molecule has 0 radical (unpaired) electrons. The molecule has 458 valence electrons. The molecule has 0 aliphatic carbocycles. The monoisotopic (exact) mass is 1300 g/mol. The van der Waals surface area contributed by atoms with Crippen molar-refractivity contribution in [3.8, 4) is 34.1 Å². The van der Waals surface area contributed by atoms with Crippen molar-refractivity contribution in [3.05, 3.63) is 303 Å². The van der Waals surface area contributed by atoms with Crippen LogP contribution in [0.2, 0.25) is 0 Å². The highest BCUT2D eigenvalue weighted by Gasteiger charge is 2.58. The Hall–Kier alpha value is -11.1. The molecule has 0 N–H and O–H groups in total. The van der Waals surface area contributed by atoms with Crippen LogP contribution in [0.4, 0.5) is 34.1 Å². The van der Waals surface area contributed by atoms with Crippen molar-refractivity contribution in [2.75, 3.05) is 9.80 Å². The molecule has 6 aliphatic rings. The lowest BCUT2D eigenvalue weighted by Crippen LogP contribution is -2.87. The SMILES string of the molecule is CC(C)(C)c1cccc2c1oc1c(N3c4cc(-c5cccc([Si]6(c7ccccc7)c7cccc8c7B7c9c(cccc9N(c9ccc%10c(c9)sc9ccccc9%10)c9cccc6c97)O8)c5)cc5c4B4c6c(cccc6[Si](c6ccccc6)(c6ccccc6)c6cccc3c64)O5)cccc12. The van der Waals surface area contributed by atoms with Gasteiger partial charge in [-0.3, -0.25) is 0 Å². The molecule has 0 saturated heterocycles. The summed E-state index contributed by atoms with van der Waals surface area (Å²) in [7, 11) is -6.38. The van der Waals surface area contributed by atoms with E-state index in [2.05, 4.69) is 328 Å². The molecular formula is C88H58B2N2O3SSi2. The number of furan rings is 1. The predicted octanol–water partition coefficient (Wildman–Crippen LogP) is 13.1. The molecule has 16 aromatic rings. The third kappa shape index (κ3) is 7.05. The number of benzene rings is 14. The van der Waals surface area contributed by atoms with E-state index in [1.54, 1.807) is 0 Å². The Labute approximate surface area is 574 Å². The minimum atomic E-state index is -3.32. The van der Waals surface area contributed by atoms with Gasteiger partial charge in [0.1, 0.15) is 28.6 Å². The van der Waals surface area contributed by atoms with Gasteiger partial charge in [-0.25, -0.2) is 0 Å². The van der Waals surface area contributed by atoms with Gasteiger partial charge in [-0.15, -0.1) is 11.3 Å². The number of para-hydroxylation sites is 2. The fraction of sp³-hybridized carbons (Fsp3) is 0.0455. The lowest BCUT2D eigenvalue weighted by Gasteiger charge is -2.49. The van der Waals surface area contributed by atoms with Gasteiger partial charge in [0.05, 0.1) is 5.69 Å². The number of rotatable bonds is 7. The van der Waals surface area contributed by atoms with E-state index in [1.807, 2.05) is 11.3 Å². The van der Waals surface area contributed by atoms with E-state index in [1.165, 1.54) is 106 Å². The van der Waals surface area contributed by atoms with Crippen molar-refractivity contribution < 1.29 is 13.9 Å². The molecule has 14 aromatic carbocycles. The highest BCUT2D eigenvalue weighted by atomic mass is 32.1. The molecule has 1 unspecified atom stereocenters. The van der Waals surface area contributed by atoms with Gasteiger partial charge in [-0.05, 0) is 164 Å². The molecule has 98 heavy (non-hydrogen) atoms. The standard InChI is InChI=1S/C88H58B2N2O3SSi2/c1-88(2,3)64-34-16-32-62-63-33-17-38-68(87(63)95-86(62)64)92-67-37-20-43-76-83(67)90-81-69(92)50-54(51-73(81)94-72-41-22-45-78(85(72)90)97(76,56-24-7-4-8-25-56)57-26-9-5-10-27-57)53-23-15-30-59(49-53)98(58-28-11-6-12-29-58)77-44-19-36-66-82(77)89-80-65(35-18-39-70(80)93-71-40-21-46-79(98)84(71)89)91(66)55-47-48-61-60-31-13-14-42-74(60)96-75(61)52-55/h4-52H,1-3H3. The van der Waals surface area contributed by atoms with Crippen LogP contribution in [0.25, 0.3) is 53.2 Å². The second kappa shape index (κ2) is 19.8. The normalized spacial score (nSPS) is 15.9. The summed E-state index contributed by atoms with van der Waals surface area (Å²) in [4.78, 5) is 5.10. The summed E-state index contributed by atoms with van der Waals surface area (Å²) in [6.45, 7) is 6.69. The van der Waals surface area contributed by atoms with Crippen molar-refractivity contribution in [1.29, 1.82) is 0 Å². The molecule has 8 heterocycles. The Bertz CT molecular complexity index is 6150. The van der Waals surface area contributed by atoms with Crippen molar-refractivity contribution in [2.45, 2.75) is 26.2 Å². The molecule has 0 amide bonds. The lowest BCUT2D eigenvalue weighted by molar-refractivity contribution is 0.487. The minimum absolute atomic E-state index is 0.0444. The van der Waals surface area contributed by atoms with Crippen molar-refractivity contribution in [3.63, 3.8) is 0 Å². The van der Waals surface area contributed by atoms with Crippen LogP contribution in [0, 0.1) is 0 Å². The Morgan fingerprint density at radius 1 is 0.316 bits per heavy atom. The molecule has 10 heteroatoms. The van der Waals surface area contributed by atoms with Crippen LogP contribution in [0.5, 0.6) is 23.0 Å². The molecule has 0 bridgehead atoms. The number of nitrogens with zero attached hydrogens (tertiary/aromatic N) is 2. The average molecular weight is 1300 g/mol. The number of fused-ring (bicyclic) bond motifs is 6. The first kappa shape index (κ1) is 55.0. The molecule has 1 atom stereocenters. The maximum Gasteiger partial charge on any atom is 0.256 e. The smallest absolute Gasteiger partial charge is 0.256 e. The first-order valence-corrected chi connectivity index (χ1v) is 39.0. The Balaban J connectivity index is 0.800. The maximum atomic E-state index is 7.72. The summed E-state index contributed by atoms with van der Waals surface area (Å²) in [5.74, 6) is 3.64. The molecule has 5 nitrogen and oxygen atoms in total.